The van der Waals surface area contributed by atoms with Crippen molar-refractivity contribution in [2.45, 2.75) is 33.6 Å². The molecule has 2 aromatic rings. The van der Waals surface area contributed by atoms with E-state index in [0.29, 0.717) is 6.42 Å². The van der Waals surface area contributed by atoms with Crippen LogP contribution in [-0.2, 0) is 16.0 Å². The number of carbonyl (C=O) groups excluding carboxylic acids is 2. The molecule has 0 aliphatic heterocycles. The Hall–Kier alpha value is -2.00. The molecule has 3 heteroatoms. The van der Waals surface area contributed by atoms with Crippen LogP contribution < -0.4 is 0 Å². The molecule has 0 bridgehead atoms. The molecule has 1 aliphatic rings. The van der Waals surface area contributed by atoms with E-state index in [1.54, 1.807) is 25.2 Å². The second-order valence-electron chi connectivity index (χ2n) is 6.21. The van der Waals surface area contributed by atoms with Gasteiger partial charge in [-0.05, 0) is 44.0 Å². The predicted molar refractivity (Wildman–Crippen MR) is 97.7 cm³/mol. The van der Waals surface area contributed by atoms with E-state index in [2.05, 4.69) is 24.3 Å². The van der Waals surface area contributed by atoms with Gasteiger partial charge in [-0.3, -0.25) is 9.59 Å². The number of allylic oxidation sites excluding steroid dienone is 2. The SMILES string of the molecule is CCC1(C(C)=O)C=Cc2sc3ccc(CC(C)=O)cc3c2C=C1. The van der Waals surface area contributed by atoms with E-state index < -0.39 is 5.41 Å². The van der Waals surface area contributed by atoms with Crippen LogP contribution in [0, 0.1) is 5.41 Å². The summed E-state index contributed by atoms with van der Waals surface area (Å²) in [6.07, 6.45) is 9.45. The molecule has 3 rings (SSSR count). The van der Waals surface area contributed by atoms with Gasteiger partial charge in [-0.2, -0.15) is 0 Å². The van der Waals surface area contributed by atoms with Crippen molar-refractivity contribution in [1.29, 1.82) is 0 Å². The summed E-state index contributed by atoms with van der Waals surface area (Å²) in [4.78, 5) is 24.6. The molecule has 1 atom stereocenters. The van der Waals surface area contributed by atoms with Crippen LogP contribution >= 0.6 is 11.3 Å². The third kappa shape index (κ3) is 2.81. The highest BCUT2D eigenvalue weighted by Crippen LogP contribution is 2.39. The van der Waals surface area contributed by atoms with E-state index in [0.717, 1.165) is 17.5 Å². The third-order valence-electron chi connectivity index (χ3n) is 4.59. The number of hydrogen-bond acceptors (Lipinski definition) is 3. The number of fused-ring (bicyclic) bond motifs is 3. The maximum absolute atomic E-state index is 12.1. The van der Waals surface area contributed by atoms with E-state index in [1.807, 2.05) is 25.1 Å². The van der Waals surface area contributed by atoms with Crippen molar-refractivity contribution in [2.24, 2.45) is 5.41 Å². The van der Waals surface area contributed by atoms with E-state index in [-0.39, 0.29) is 11.6 Å². The summed E-state index contributed by atoms with van der Waals surface area (Å²) in [6.45, 7) is 5.31. The highest BCUT2D eigenvalue weighted by molar-refractivity contribution is 7.20. The average Bonchev–Trinajstić information content (AvgIpc) is 2.72. The molecule has 0 amide bonds. The third-order valence-corrected chi connectivity index (χ3v) is 5.74. The fourth-order valence-corrected chi connectivity index (χ4v) is 4.18. The Morgan fingerprint density at radius 3 is 2.52 bits per heavy atom. The quantitative estimate of drug-likeness (QED) is 0.788. The molecule has 0 radical (unpaired) electrons. The molecule has 1 aliphatic carbocycles. The lowest BCUT2D eigenvalue weighted by Gasteiger charge is -2.21. The Morgan fingerprint density at radius 2 is 1.87 bits per heavy atom. The molecule has 2 nitrogen and oxygen atoms in total. The molecule has 1 aromatic heterocycles. The summed E-state index contributed by atoms with van der Waals surface area (Å²) in [5.74, 6) is 0.340. The van der Waals surface area contributed by atoms with Crippen LogP contribution in [-0.4, -0.2) is 11.6 Å². The maximum Gasteiger partial charge on any atom is 0.143 e. The van der Waals surface area contributed by atoms with Crippen LogP contribution in [0.15, 0.2) is 30.4 Å². The average molecular weight is 324 g/mol. The fraction of sp³-hybridized carbons (Fsp3) is 0.300. The number of benzene rings is 1. The van der Waals surface area contributed by atoms with Crippen molar-refractivity contribution in [2.75, 3.05) is 0 Å². The summed E-state index contributed by atoms with van der Waals surface area (Å²) >= 11 is 1.73. The van der Waals surface area contributed by atoms with Crippen LogP contribution in [0.1, 0.15) is 43.2 Å². The zero-order chi connectivity index (χ0) is 16.6. The van der Waals surface area contributed by atoms with Gasteiger partial charge in [0.1, 0.15) is 11.6 Å². The molecule has 1 aromatic carbocycles. The molecule has 1 heterocycles. The van der Waals surface area contributed by atoms with Gasteiger partial charge in [0.2, 0.25) is 0 Å². The molecular weight excluding hydrogens is 304 g/mol. The Labute approximate surface area is 140 Å². The maximum atomic E-state index is 12.1. The smallest absolute Gasteiger partial charge is 0.143 e. The van der Waals surface area contributed by atoms with Gasteiger partial charge in [0.05, 0.1) is 5.41 Å². The van der Waals surface area contributed by atoms with Gasteiger partial charge < -0.3 is 0 Å². The molecule has 1 unspecified atom stereocenters. The lowest BCUT2D eigenvalue weighted by atomic mass is 9.81. The topological polar surface area (TPSA) is 34.1 Å². The molecule has 0 spiro atoms. The van der Waals surface area contributed by atoms with E-state index in [9.17, 15) is 9.59 Å². The largest absolute Gasteiger partial charge is 0.300 e. The first-order valence-corrected chi connectivity index (χ1v) is 8.71. The standard InChI is InChI=1S/C20H20O2S/c1-4-20(14(3)22)9-7-16-17-12-15(11-13(2)21)5-6-18(17)23-19(16)8-10-20/h5-10,12H,4,11H2,1-3H3. The van der Waals surface area contributed by atoms with Gasteiger partial charge in [0, 0.05) is 26.9 Å². The number of hydrogen-bond donors (Lipinski definition) is 0. The number of thiophene rings is 1. The lowest BCUT2D eigenvalue weighted by molar-refractivity contribution is -0.122. The van der Waals surface area contributed by atoms with Gasteiger partial charge in [0.25, 0.3) is 0 Å². The summed E-state index contributed by atoms with van der Waals surface area (Å²) in [5, 5.41) is 1.17. The number of rotatable bonds is 4. The Kier molecular flexibility index (Phi) is 4.07. The Bertz CT molecular complexity index is 854. The van der Waals surface area contributed by atoms with Crippen molar-refractivity contribution in [3.8, 4) is 0 Å². The minimum absolute atomic E-state index is 0.169. The predicted octanol–water partition coefficient (Wildman–Crippen LogP) is 5.06. The van der Waals surface area contributed by atoms with Gasteiger partial charge >= 0.3 is 0 Å². The molecular formula is C20H20O2S. The molecule has 118 valence electrons. The van der Waals surface area contributed by atoms with Crippen LogP contribution in [0.5, 0.6) is 0 Å². The van der Waals surface area contributed by atoms with E-state index in [1.165, 1.54) is 15.0 Å². The lowest BCUT2D eigenvalue weighted by Crippen LogP contribution is -2.22. The van der Waals surface area contributed by atoms with Crippen molar-refractivity contribution in [3.63, 3.8) is 0 Å². The summed E-state index contributed by atoms with van der Waals surface area (Å²) < 4.78 is 1.21. The molecule has 0 N–H and O–H groups in total. The van der Waals surface area contributed by atoms with Crippen LogP contribution in [0.4, 0.5) is 0 Å². The highest BCUT2D eigenvalue weighted by atomic mass is 32.1. The Morgan fingerprint density at radius 1 is 1.13 bits per heavy atom. The Balaban J connectivity index is 2.13. The molecule has 0 saturated carbocycles. The summed E-state index contributed by atoms with van der Waals surface area (Å²) in [6, 6.07) is 6.22. The summed E-state index contributed by atoms with van der Waals surface area (Å²) in [5.41, 5.74) is 1.70. The summed E-state index contributed by atoms with van der Waals surface area (Å²) in [7, 11) is 0. The minimum Gasteiger partial charge on any atom is -0.300 e. The van der Waals surface area contributed by atoms with Crippen LogP contribution in [0.2, 0.25) is 0 Å². The highest BCUT2D eigenvalue weighted by Gasteiger charge is 2.29. The van der Waals surface area contributed by atoms with E-state index >= 15 is 0 Å². The molecule has 23 heavy (non-hydrogen) atoms. The van der Waals surface area contributed by atoms with Crippen molar-refractivity contribution >= 4 is 45.1 Å². The number of carbonyl (C=O) groups is 2. The molecule has 0 saturated heterocycles. The van der Waals surface area contributed by atoms with Gasteiger partial charge in [-0.25, -0.2) is 0 Å². The van der Waals surface area contributed by atoms with Crippen molar-refractivity contribution in [1.82, 2.24) is 0 Å². The first-order valence-electron chi connectivity index (χ1n) is 7.89. The van der Waals surface area contributed by atoms with Crippen LogP contribution in [0.25, 0.3) is 22.2 Å². The van der Waals surface area contributed by atoms with Crippen molar-refractivity contribution in [3.05, 3.63) is 46.4 Å². The molecule has 0 fully saturated rings. The zero-order valence-electron chi connectivity index (χ0n) is 13.7. The monoisotopic (exact) mass is 324 g/mol. The number of ketones is 2. The second kappa shape index (κ2) is 5.89. The first-order chi connectivity index (χ1) is 10.9. The number of Topliss-reactive ketones (excluding diaryl/α,β-unsaturated/α-hetero) is 2. The van der Waals surface area contributed by atoms with Crippen molar-refractivity contribution < 1.29 is 9.59 Å². The second-order valence-corrected chi connectivity index (χ2v) is 7.29. The van der Waals surface area contributed by atoms with Crippen LogP contribution in [0.3, 0.4) is 0 Å². The van der Waals surface area contributed by atoms with Gasteiger partial charge in [-0.15, -0.1) is 11.3 Å². The first kappa shape index (κ1) is 15.9. The van der Waals surface area contributed by atoms with Gasteiger partial charge in [-0.1, -0.05) is 31.2 Å². The van der Waals surface area contributed by atoms with E-state index in [4.69, 9.17) is 0 Å². The van der Waals surface area contributed by atoms with Gasteiger partial charge in [0.15, 0.2) is 0 Å². The normalized spacial score (nSPS) is 19.6. The fourth-order valence-electron chi connectivity index (χ4n) is 3.11. The minimum atomic E-state index is -0.498. The zero-order valence-corrected chi connectivity index (χ0v) is 14.5.